The Labute approximate surface area is 80.4 Å². The van der Waals surface area contributed by atoms with Gasteiger partial charge in [-0.05, 0) is 55.8 Å². The van der Waals surface area contributed by atoms with Gasteiger partial charge in [-0.2, -0.15) is 0 Å². The third-order valence-corrected chi connectivity index (χ3v) is 4.75. The molecule has 0 saturated heterocycles. The number of rotatable bonds is 2. The maximum absolute atomic E-state index is 6.12. The molecular weight excluding hydrogens is 158 g/mol. The first-order valence-corrected chi connectivity index (χ1v) is 5.66. The van der Waals surface area contributed by atoms with E-state index in [1.54, 1.807) is 0 Å². The number of hydrogen-bond donors (Lipinski definition) is 1. The Balaban J connectivity index is 1.83. The number of allylic oxidation sites excluding steroid dienone is 2. The van der Waals surface area contributed by atoms with E-state index in [-0.39, 0.29) is 0 Å². The molecule has 0 aromatic heterocycles. The van der Waals surface area contributed by atoms with E-state index in [4.69, 9.17) is 5.73 Å². The molecule has 0 aromatic carbocycles. The van der Waals surface area contributed by atoms with Crippen LogP contribution in [0, 0.1) is 23.2 Å². The normalized spacial score (nSPS) is 46.8. The molecule has 72 valence electrons. The van der Waals surface area contributed by atoms with Crippen molar-refractivity contribution in [2.24, 2.45) is 28.9 Å². The van der Waals surface area contributed by atoms with E-state index in [9.17, 15) is 0 Å². The molecule has 4 atom stereocenters. The molecule has 0 heterocycles. The van der Waals surface area contributed by atoms with Gasteiger partial charge in [-0.15, -0.1) is 0 Å². The van der Waals surface area contributed by atoms with Crippen molar-refractivity contribution in [3.8, 4) is 0 Å². The van der Waals surface area contributed by atoms with Crippen molar-refractivity contribution in [2.45, 2.75) is 38.6 Å². The van der Waals surface area contributed by atoms with Gasteiger partial charge in [-0.1, -0.05) is 12.2 Å². The zero-order valence-electron chi connectivity index (χ0n) is 8.37. The highest BCUT2D eigenvalue weighted by Gasteiger charge is 2.56. The van der Waals surface area contributed by atoms with Gasteiger partial charge in [0.15, 0.2) is 0 Å². The quantitative estimate of drug-likeness (QED) is 0.644. The summed E-state index contributed by atoms with van der Waals surface area (Å²) >= 11 is 0. The Kier molecular flexibility index (Phi) is 1.48. The smallest absolute Gasteiger partial charge is 0.00699 e. The molecule has 2 N–H and O–H groups in total. The van der Waals surface area contributed by atoms with Crippen LogP contribution in [0.15, 0.2) is 12.2 Å². The molecule has 4 unspecified atom stereocenters. The van der Waals surface area contributed by atoms with Gasteiger partial charge in [0, 0.05) is 6.04 Å². The molecule has 0 spiro atoms. The number of fused-ring (bicyclic) bond motifs is 2. The van der Waals surface area contributed by atoms with Crippen molar-refractivity contribution >= 4 is 0 Å². The largest absolute Gasteiger partial charge is 0.327 e. The summed E-state index contributed by atoms with van der Waals surface area (Å²) in [5.74, 6) is 2.73. The summed E-state index contributed by atoms with van der Waals surface area (Å²) in [5, 5.41) is 0. The average molecular weight is 177 g/mol. The maximum Gasteiger partial charge on any atom is 0.00699 e. The van der Waals surface area contributed by atoms with Crippen LogP contribution in [0.1, 0.15) is 32.6 Å². The third-order valence-electron chi connectivity index (χ3n) is 4.75. The predicted octanol–water partition coefficient (Wildman–Crippen LogP) is 2.33. The minimum Gasteiger partial charge on any atom is -0.327 e. The van der Waals surface area contributed by atoms with Crippen molar-refractivity contribution in [3.05, 3.63) is 12.2 Å². The second-order valence-electron chi connectivity index (χ2n) is 5.41. The first-order valence-electron chi connectivity index (χ1n) is 5.66. The zero-order valence-corrected chi connectivity index (χ0v) is 8.37. The molecule has 0 aliphatic heterocycles. The molecule has 2 bridgehead atoms. The Morgan fingerprint density at radius 1 is 1.31 bits per heavy atom. The van der Waals surface area contributed by atoms with Gasteiger partial charge in [0.05, 0.1) is 0 Å². The van der Waals surface area contributed by atoms with Crippen LogP contribution in [0.4, 0.5) is 0 Å². The van der Waals surface area contributed by atoms with E-state index in [0.717, 1.165) is 17.8 Å². The molecule has 0 radical (unpaired) electrons. The van der Waals surface area contributed by atoms with Gasteiger partial charge in [0.2, 0.25) is 0 Å². The van der Waals surface area contributed by atoms with Gasteiger partial charge in [-0.25, -0.2) is 0 Å². The fraction of sp³-hybridized carbons (Fsp3) is 0.833. The van der Waals surface area contributed by atoms with E-state index in [1.807, 2.05) is 0 Å². The Hall–Kier alpha value is -0.300. The van der Waals surface area contributed by atoms with Crippen molar-refractivity contribution < 1.29 is 0 Å². The second-order valence-corrected chi connectivity index (χ2v) is 5.41. The Morgan fingerprint density at radius 3 is 2.46 bits per heavy atom. The number of hydrogen-bond acceptors (Lipinski definition) is 1. The lowest BCUT2D eigenvalue weighted by Gasteiger charge is -2.31. The lowest BCUT2D eigenvalue weighted by atomic mass is 9.76. The van der Waals surface area contributed by atoms with E-state index < -0.39 is 0 Å². The number of nitrogens with two attached hydrogens (primary N) is 1. The van der Waals surface area contributed by atoms with Crippen LogP contribution in [0.3, 0.4) is 0 Å². The molecule has 3 aliphatic rings. The highest BCUT2D eigenvalue weighted by molar-refractivity contribution is 5.17. The van der Waals surface area contributed by atoms with Crippen molar-refractivity contribution in [1.29, 1.82) is 0 Å². The van der Waals surface area contributed by atoms with Gasteiger partial charge < -0.3 is 5.73 Å². The molecule has 13 heavy (non-hydrogen) atoms. The van der Waals surface area contributed by atoms with Gasteiger partial charge in [0.1, 0.15) is 0 Å². The van der Waals surface area contributed by atoms with Gasteiger partial charge in [0.25, 0.3) is 0 Å². The second kappa shape index (κ2) is 2.38. The summed E-state index contributed by atoms with van der Waals surface area (Å²) < 4.78 is 0. The van der Waals surface area contributed by atoms with Gasteiger partial charge in [-0.3, -0.25) is 0 Å². The van der Waals surface area contributed by atoms with E-state index in [0.29, 0.717) is 11.5 Å². The van der Waals surface area contributed by atoms with E-state index >= 15 is 0 Å². The average Bonchev–Trinajstić information content (AvgIpc) is 2.66. The lowest BCUT2D eigenvalue weighted by Crippen LogP contribution is -2.36. The maximum atomic E-state index is 6.12. The fourth-order valence-electron chi connectivity index (χ4n) is 3.75. The molecule has 3 rings (SSSR count). The summed E-state index contributed by atoms with van der Waals surface area (Å²) in [7, 11) is 0. The molecule has 2 fully saturated rings. The molecule has 1 heteroatoms. The van der Waals surface area contributed by atoms with Crippen LogP contribution in [-0.4, -0.2) is 6.04 Å². The highest BCUT2D eigenvalue weighted by Crippen LogP contribution is 2.63. The topological polar surface area (TPSA) is 26.0 Å². The first-order chi connectivity index (χ1) is 6.22. The summed E-state index contributed by atoms with van der Waals surface area (Å²) in [6.45, 7) is 2.21. The summed E-state index contributed by atoms with van der Waals surface area (Å²) in [6, 6.07) is 0.422. The molecule has 0 aromatic rings. The van der Waals surface area contributed by atoms with Crippen molar-refractivity contribution in [1.82, 2.24) is 0 Å². The summed E-state index contributed by atoms with van der Waals surface area (Å²) in [6.07, 6.45) is 10.5. The molecule has 1 nitrogen and oxygen atoms in total. The monoisotopic (exact) mass is 177 g/mol. The Morgan fingerprint density at radius 2 is 2.08 bits per heavy atom. The third kappa shape index (κ3) is 0.969. The highest BCUT2D eigenvalue weighted by atomic mass is 14.8. The SMILES string of the molecule is CC(N)C1(C2CC3C=CC2C3)CC1. The first kappa shape index (κ1) is 8.05. The lowest BCUT2D eigenvalue weighted by molar-refractivity contribution is 0.228. The molecule has 3 aliphatic carbocycles. The minimum atomic E-state index is 0.422. The van der Waals surface area contributed by atoms with Crippen molar-refractivity contribution in [3.63, 3.8) is 0 Å². The summed E-state index contributed by atoms with van der Waals surface area (Å²) in [5.41, 5.74) is 6.68. The Bertz CT molecular complexity index is 250. The van der Waals surface area contributed by atoms with Crippen LogP contribution in [0.5, 0.6) is 0 Å². The minimum absolute atomic E-state index is 0.422. The standard InChI is InChI=1S/C12H19N/c1-8(13)12(4-5-12)11-7-9-2-3-10(11)6-9/h2-3,8-11H,4-7,13H2,1H3. The van der Waals surface area contributed by atoms with Crippen LogP contribution < -0.4 is 5.73 Å². The molecule has 0 amide bonds. The predicted molar refractivity (Wildman–Crippen MR) is 54.2 cm³/mol. The zero-order chi connectivity index (χ0) is 9.05. The molecule has 2 saturated carbocycles. The van der Waals surface area contributed by atoms with Crippen LogP contribution >= 0.6 is 0 Å². The van der Waals surface area contributed by atoms with E-state index in [1.165, 1.54) is 25.7 Å². The van der Waals surface area contributed by atoms with Crippen LogP contribution in [0.2, 0.25) is 0 Å². The summed E-state index contributed by atoms with van der Waals surface area (Å²) in [4.78, 5) is 0. The van der Waals surface area contributed by atoms with Crippen LogP contribution in [0.25, 0.3) is 0 Å². The molecular formula is C12H19N. The fourth-order valence-corrected chi connectivity index (χ4v) is 3.75. The van der Waals surface area contributed by atoms with Gasteiger partial charge >= 0.3 is 0 Å². The van der Waals surface area contributed by atoms with E-state index in [2.05, 4.69) is 19.1 Å². The van der Waals surface area contributed by atoms with Crippen molar-refractivity contribution in [2.75, 3.05) is 0 Å². The van der Waals surface area contributed by atoms with Crippen LogP contribution in [-0.2, 0) is 0 Å².